The van der Waals surface area contributed by atoms with Crippen LogP contribution in [0.2, 0.25) is 0 Å². The highest BCUT2D eigenvalue weighted by atomic mass is 32.2. The van der Waals surface area contributed by atoms with E-state index >= 15 is 0 Å². The van der Waals surface area contributed by atoms with Gasteiger partial charge in [-0.25, -0.2) is 4.79 Å². The third-order valence-electron chi connectivity index (χ3n) is 3.20. The summed E-state index contributed by atoms with van der Waals surface area (Å²) in [6, 6.07) is 4.85. The first-order chi connectivity index (χ1) is 8.52. The van der Waals surface area contributed by atoms with Crippen molar-refractivity contribution in [3.63, 3.8) is 0 Å². The molecule has 2 rings (SSSR count). The van der Waals surface area contributed by atoms with Crippen molar-refractivity contribution >= 4 is 29.3 Å². The average Bonchev–Trinajstić information content (AvgIpc) is 2.33. The van der Waals surface area contributed by atoms with Crippen molar-refractivity contribution in [2.45, 2.75) is 19.9 Å². The number of aliphatic carboxylic acids is 1. The number of amides is 1. The Morgan fingerprint density at radius 3 is 2.83 bits per heavy atom. The number of benzene rings is 1. The van der Waals surface area contributed by atoms with Crippen molar-refractivity contribution < 1.29 is 14.7 Å². The first-order valence-corrected chi connectivity index (χ1v) is 6.86. The zero-order valence-corrected chi connectivity index (χ0v) is 11.2. The van der Waals surface area contributed by atoms with Crippen LogP contribution in [-0.2, 0) is 9.59 Å². The second kappa shape index (κ2) is 5.02. The molecule has 0 spiro atoms. The van der Waals surface area contributed by atoms with Crippen molar-refractivity contribution in [3.05, 3.63) is 29.3 Å². The summed E-state index contributed by atoms with van der Waals surface area (Å²) < 4.78 is 0. The molecule has 1 aliphatic rings. The Hall–Kier alpha value is -1.49. The molecule has 18 heavy (non-hydrogen) atoms. The van der Waals surface area contributed by atoms with Crippen LogP contribution >= 0.6 is 11.8 Å². The number of carboxylic acid groups (broad SMARTS) is 1. The van der Waals surface area contributed by atoms with Crippen molar-refractivity contribution in [2.75, 3.05) is 16.4 Å². The summed E-state index contributed by atoms with van der Waals surface area (Å²) in [6.07, 6.45) is 0. The highest BCUT2D eigenvalue weighted by Gasteiger charge is 2.35. The molecule has 1 heterocycles. The molecule has 4 nitrogen and oxygen atoms in total. The molecule has 1 aromatic rings. The predicted octanol–water partition coefficient (Wildman–Crippen LogP) is 1.84. The number of carbonyl (C=O) groups excluding carboxylic acids is 1. The second-order valence-electron chi connectivity index (χ2n) is 4.35. The Kier molecular flexibility index (Phi) is 3.61. The van der Waals surface area contributed by atoms with Crippen LogP contribution in [0.25, 0.3) is 0 Å². The van der Waals surface area contributed by atoms with Gasteiger partial charge in [-0.15, -0.1) is 11.8 Å². The van der Waals surface area contributed by atoms with Crippen molar-refractivity contribution in [2.24, 2.45) is 0 Å². The molecule has 1 unspecified atom stereocenters. The number of anilines is 1. The highest BCUT2D eigenvalue weighted by Crippen LogP contribution is 2.29. The lowest BCUT2D eigenvalue weighted by Gasteiger charge is -2.33. The number of carboxylic acids is 1. The molecule has 0 aliphatic carbocycles. The number of thioether (sulfide) groups is 1. The van der Waals surface area contributed by atoms with E-state index in [9.17, 15) is 14.7 Å². The van der Waals surface area contributed by atoms with E-state index in [1.54, 1.807) is 0 Å². The molecule has 1 saturated heterocycles. The molecule has 1 fully saturated rings. The molecular weight excluding hydrogens is 250 g/mol. The van der Waals surface area contributed by atoms with Crippen molar-refractivity contribution in [1.29, 1.82) is 0 Å². The maximum absolute atomic E-state index is 12.0. The average molecular weight is 265 g/mol. The number of rotatable bonds is 2. The van der Waals surface area contributed by atoms with Crippen LogP contribution in [0.3, 0.4) is 0 Å². The van der Waals surface area contributed by atoms with Gasteiger partial charge in [0, 0.05) is 11.4 Å². The van der Waals surface area contributed by atoms with Gasteiger partial charge in [0.2, 0.25) is 5.91 Å². The Morgan fingerprint density at radius 1 is 1.44 bits per heavy atom. The molecular formula is C13H15NO3S. The minimum absolute atomic E-state index is 0.132. The smallest absolute Gasteiger partial charge is 0.327 e. The lowest BCUT2D eigenvalue weighted by atomic mass is 10.1. The summed E-state index contributed by atoms with van der Waals surface area (Å²) in [5.41, 5.74) is 2.74. The summed E-state index contributed by atoms with van der Waals surface area (Å²) in [5, 5.41) is 9.24. The van der Waals surface area contributed by atoms with Gasteiger partial charge < -0.3 is 5.11 Å². The minimum Gasteiger partial charge on any atom is -0.480 e. The van der Waals surface area contributed by atoms with Crippen LogP contribution in [-0.4, -0.2) is 34.5 Å². The molecule has 0 bridgehead atoms. The number of aryl methyl sites for hydroxylation is 1. The van der Waals surface area contributed by atoms with E-state index in [0.717, 1.165) is 11.1 Å². The van der Waals surface area contributed by atoms with E-state index < -0.39 is 12.0 Å². The third-order valence-corrected chi connectivity index (χ3v) is 4.20. The molecule has 96 valence electrons. The second-order valence-corrected chi connectivity index (χ2v) is 5.38. The molecule has 1 aromatic carbocycles. The molecule has 0 saturated carbocycles. The summed E-state index contributed by atoms with van der Waals surface area (Å²) in [5.74, 6) is -0.296. The van der Waals surface area contributed by atoms with Gasteiger partial charge in [-0.2, -0.15) is 0 Å². The van der Waals surface area contributed by atoms with Gasteiger partial charge in [0.05, 0.1) is 5.75 Å². The maximum Gasteiger partial charge on any atom is 0.327 e. The lowest BCUT2D eigenvalue weighted by Crippen LogP contribution is -2.51. The zero-order chi connectivity index (χ0) is 13.3. The summed E-state index contributed by atoms with van der Waals surface area (Å²) in [6.45, 7) is 3.87. The van der Waals surface area contributed by atoms with Gasteiger partial charge in [0.1, 0.15) is 6.04 Å². The fraction of sp³-hybridized carbons (Fsp3) is 0.385. The Labute approximate surface area is 110 Å². The first-order valence-electron chi connectivity index (χ1n) is 5.71. The van der Waals surface area contributed by atoms with E-state index in [-0.39, 0.29) is 5.91 Å². The number of hydrogen-bond donors (Lipinski definition) is 1. The largest absolute Gasteiger partial charge is 0.480 e. The minimum atomic E-state index is -0.948. The molecule has 1 N–H and O–H groups in total. The standard InChI is InChI=1S/C13H15NO3S/c1-8-4-3-5-10(9(8)2)14-11(13(16)17)6-18-7-12(14)15/h3-5,11H,6-7H2,1-2H3,(H,16,17). The normalized spacial score (nSPS) is 20.0. The highest BCUT2D eigenvalue weighted by molar-refractivity contribution is 8.00. The molecule has 0 radical (unpaired) electrons. The molecule has 1 atom stereocenters. The van der Waals surface area contributed by atoms with Gasteiger partial charge in [-0.05, 0) is 31.0 Å². The molecule has 0 aromatic heterocycles. The van der Waals surface area contributed by atoms with E-state index in [2.05, 4.69) is 0 Å². The maximum atomic E-state index is 12.0. The van der Waals surface area contributed by atoms with E-state index in [0.29, 0.717) is 17.2 Å². The fourth-order valence-corrected chi connectivity index (χ4v) is 3.00. The first kappa shape index (κ1) is 13.0. The van der Waals surface area contributed by atoms with E-state index in [4.69, 9.17) is 0 Å². The van der Waals surface area contributed by atoms with Crippen LogP contribution in [0.4, 0.5) is 5.69 Å². The third kappa shape index (κ3) is 2.22. The van der Waals surface area contributed by atoms with Crippen molar-refractivity contribution in [1.82, 2.24) is 0 Å². The summed E-state index contributed by atoms with van der Waals surface area (Å²) >= 11 is 1.38. The van der Waals surface area contributed by atoms with Gasteiger partial charge in [0.25, 0.3) is 0 Å². The number of hydrogen-bond acceptors (Lipinski definition) is 3. The summed E-state index contributed by atoms with van der Waals surface area (Å²) in [7, 11) is 0. The fourth-order valence-electron chi connectivity index (χ4n) is 2.06. The molecule has 5 heteroatoms. The van der Waals surface area contributed by atoms with E-state index in [1.807, 2.05) is 32.0 Å². The van der Waals surface area contributed by atoms with Gasteiger partial charge in [0.15, 0.2) is 0 Å². The van der Waals surface area contributed by atoms with Gasteiger partial charge in [-0.1, -0.05) is 12.1 Å². The SMILES string of the molecule is Cc1cccc(N2C(=O)CSCC2C(=O)O)c1C. The van der Waals surface area contributed by atoms with Crippen molar-refractivity contribution in [3.8, 4) is 0 Å². The van der Waals surface area contributed by atoms with Crippen LogP contribution in [0, 0.1) is 13.8 Å². The molecule has 1 aliphatic heterocycles. The quantitative estimate of drug-likeness (QED) is 0.886. The topological polar surface area (TPSA) is 57.6 Å². The summed E-state index contributed by atoms with van der Waals surface area (Å²) in [4.78, 5) is 24.7. The van der Waals surface area contributed by atoms with E-state index in [1.165, 1.54) is 16.7 Å². The van der Waals surface area contributed by atoms with Crippen LogP contribution < -0.4 is 4.90 Å². The van der Waals surface area contributed by atoms with Crippen LogP contribution in [0.5, 0.6) is 0 Å². The monoisotopic (exact) mass is 265 g/mol. The number of nitrogens with zero attached hydrogens (tertiary/aromatic N) is 1. The molecule has 1 amide bonds. The zero-order valence-electron chi connectivity index (χ0n) is 10.3. The van der Waals surface area contributed by atoms with Gasteiger partial charge in [-0.3, -0.25) is 9.69 Å². The van der Waals surface area contributed by atoms with Crippen LogP contribution in [0.1, 0.15) is 11.1 Å². The lowest BCUT2D eigenvalue weighted by molar-refractivity contribution is -0.139. The Balaban J connectivity index is 2.47. The van der Waals surface area contributed by atoms with Crippen LogP contribution in [0.15, 0.2) is 18.2 Å². The predicted molar refractivity (Wildman–Crippen MR) is 72.2 cm³/mol. The van der Waals surface area contributed by atoms with Gasteiger partial charge >= 0.3 is 5.97 Å². The Morgan fingerprint density at radius 2 is 2.17 bits per heavy atom. The Bertz CT molecular complexity index is 501. The number of carbonyl (C=O) groups is 2.